The van der Waals surface area contributed by atoms with E-state index in [-0.39, 0.29) is 5.91 Å². The van der Waals surface area contributed by atoms with E-state index in [1.807, 2.05) is 6.07 Å². The molecule has 1 aliphatic heterocycles. The molecule has 0 unspecified atom stereocenters. The SMILES string of the molecule is CN1CCc2ccc(NC(=O)c3cnn(C)c3)cc2C1. The summed E-state index contributed by atoms with van der Waals surface area (Å²) in [4.78, 5) is 14.4. The largest absolute Gasteiger partial charge is 0.322 e. The second kappa shape index (κ2) is 5.09. The van der Waals surface area contributed by atoms with Crippen LogP contribution < -0.4 is 5.32 Å². The third-order valence-corrected chi connectivity index (χ3v) is 3.63. The molecule has 0 bridgehead atoms. The van der Waals surface area contributed by atoms with Gasteiger partial charge in [0.15, 0.2) is 0 Å². The van der Waals surface area contributed by atoms with Gasteiger partial charge in [0.2, 0.25) is 0 Å². The Hall–Kier alpha value is -2.14. The van der Waals surface area contributed by atoms with E-state index >= 15 is 0 Å². The van der Waals surface area contributed by atoms with Crippen LogP contribution in [0.4, 0.5) is 5.69 Å². The van der Waals surface area contributed by atoms with E-state index in [4.69, 9.17) is 0 Å². The van der Waals surface area contributed by atoms with Crippen LogP contribution in [-0.4, -0.2) is 34.2 Å². The summed E-state index contributed by atoms with van der Waals surface area (Å²) in [6, 6.07) is 6.15. The summed E-state index contributed by atoms with van der Waals surface area (Å²) in [5.74, 6) is -0.123. The molecule has 1 amide bonds. The van der Waals surface area contributed by atoms with Crippen LogP contribution in [0.15, 0.2) is 30.6 Å². The highest BCUT2D eigenvalue weighted by Crippen LogP contribution is 2.22. The zero-order valence-corrected chi connectivity index (χ0v) is 11.8. The quantitative estimate of drug-likeness (QED) is 0.903. The van der Waals surface area contributed by atoms with Gasteiger partial charge in [-0.05, 0) is 36.7 Å². The number of aryl methyl sites for hydroxylation is 1. The summed E-state index contributed by atoms with van der Waals surface area (Å²) in [5, 5.41) is 6.93. The van der Waals surface area contributed by atoms with Crippen LogP contribution in [0.5, 0.6) is 0 Å². The molecule has 0 saturated heterocycles. The predicted octanol–water partition coefficient (Wildman–Crippen LogP) is 1.66. The van der Waals surface area contributed by atoms with Gasteiger partial charge in [-0.2, -0.15) is 5.10 Å². The molecule has 2 heterocycles. The Balaban J connectivity index is 1.78. The lowest BCUT2D eigenvalue weighted by Crippen LogP contribution is -2.26. The van der Waals surface area contributed by atoms with Gasteiger partial charge in [0.05, 0.1) is 11.8 Å². The third-order valence-electron chi connectivity index (χ3n) is 3.63. The highest BCUT2D eigenvalue weighted by molar-refractivity contribution is 6.03. The maximum Gasteiger partial charge on any atom is 0.258 e. The van der Waals surface area contributed by atoms with Crippen molar-refractivity contribution in [2.24, 2.45) is 7.05 Å². The summed E-state index contributed by atoms with van der Waals surface area (Å²) in [6.45, 7) is 2.03. The number of amides is 1. The highest BCUT2D eigenvalue weighted by atomic mass is 16.1. The second-order valence-corrected chi connectivity index (χ2v) is 5.33. The monoisotopic (exact) mass is 270 g/mol. The molecule has 3 rings (SSSR count). The fourth-order valence-corrected chi connectivity index (χ4v) is 2.52. The minimum absolute atomic E-state index is 0.123. The van der Waals surface area contributed by atoms with E-state index in [0.29, 0.717) is 5.56 Å². The second-order valence-electron chi connectivity index (χ2n) is 5.33. The molecule has 1 aliphatic rings. The number of carbonyl (C=O) groups excluding carboxylic acids is 1. The molecule has 5 nitrogen and oxygen atoms in total. The van der Waals surface area contributed by atoms with Crippen LogP contribution in [0, 0.1) is 0 Å². The van der Waals surface area contributed by atoms with Crippen molar-refractivity contribution in [1.29, 1.82) is 0 Å². The van der Waals surface area contributed by atoms with E-state index in [1.54, 1.807) is 24.1 Å². The molecule has 0 saturated carbocycles. The lowest BCUT2D eigenvalue weighted by Gasteiger charge is -2.25. The Morgan fingerprint density at radius 2 is 2.15 bits per heavy atom. The van der Waals surface area contributed by atoms with Crippen molar-refractivity contribution >= 4 is 11.6 Å². The van der Waals surface area contributed by atoms with Gasteiger partial charge in [-0.1, -0.05) is 6.07 Å². The summed E-state index contributed by atoms with van der Waals surface area (Å²) in [6.07, 6.45) is 4.35. The lowest BCUT2D eigenvalue weighted by molar-refractivity contribution is 0.102. The number of carbonyl (C=O) groups is 1. The van der Waals surface area contributed by atoms with Gasteiger partial charge < -0.3 is 10.2 Å². The van der Waals surface area contributed by atoms with Gasteiger partial charge in [0.1, 0.15) is 0 Å². The van der Waals surface area contributed by atoms with Gasteiger partial charge in [-0.25, -0.2) is 0 Å². The summed E-state index contributed by atoms with van der Waals surface area (Å²) >= 11 is 0. The van der Waals surface area contributed by atoms with Crippen LogP contribution >= 0.6 is 0 Å². The minimum atomic E-state index is -0.123. The maximum absolute atomic E-state index is 12.1. The van der Waals surface area contributed by atoms with E-state index in [9.17, 15) is 4.79 Å². The number of nitrogens with zero attached hydrogens (tertiary/aromatic N) is 3. The van der Waals surface area contributed by atoms with E-state index in [0.717, 1.165) is 25.2 Å². The van der Waals surface area contributed by atoms with Crippen LogP contribution in [0.25, 0.3) is 0 Å². The number of benzene rings is 1. The molecule has 1 N–H and O–H groups in total. The third kappa shape index (κ3) is 2.58. The Morgan fingerprint density at radius 1 is 1.30 bits per heavy atom. The van der Waals surface area contributed by atoms with Crippen LogP contribution in [0.3, 0.4) is 0 Å². The summed E-state index contributed by atoms with van der Waals surface area (Å²) in [5.41, 5.74) is 4.08. The molecule has 20 heavy (non-hydrogen) atoms. The molecule has 0 spiro atoms. The summed E-state index contributed by atoms with van der Waals surface area (Å²) < 4.78 is 1.62. The van der Waals surface area contributed by atoms with Crippen molar-refractivity contribution in [2.45, 2.75) is 13.0 Å². The highest BCUT2D eigenvalue weighted by Gasteiger charge is 2.14. The van der Waals surface area contributed by atoms with Crippen molar-refractivity contribution < 1.29 is 4.79 Å². The minimum Gasteiger partial charge on any atom is -0.322 e. The standard InChI is InChI=1S/C15H18N4O/c1-18-6-5-11-3-4-14(7-12(11)9-18)17-15(20)13-8-16-19(2)10-13/h3-4,7-8,10H,5-6,9H2,1-2H3,(H,17,20). The molecule has 1 aromatic carbocycles. The van der Waals surface area contributed by atoms with Crippen molar-refractivity contribution in [3.05, 3.63) is 47.3 Å². The van der Waals surface area contributed by atoms with Crippen molar-refractivity contribution in [3.63, 3.8) is 0 Å². The zero-order valence-electron chi connectivity index (χ0n) is 11.8. The summed E-state index contributed by atoms with van der Waals surface area (Å²) in [7, 11) is 3.91. The number of aromatic nitrogens is 2. The van der Waals surface area contributed by atoms with Gasteiger partial charge >= 0.3 is 0 Å². The van der Waals surface area contributed by atoms with Crippen molar-refractivity contribution in [3.8, 4) is 0 Å². The number of hydrogen-bond acceptors (Lipinski definition) is 3. The Bertz CT molecular complexity index is 647. The zero-order chi connectivity index (χ0) is 14.1. The van der Waals surface area contributed by atoms with Gasteiger partial charge in [0, 0.05) is 32.0 Å². The fraction of sp³-hybridized carbons (Fsp3) is 0.333. The number of nitrogens with one attached hydrogen (secondary N) is 1. The first-order chi connectivity index (χ1) is 9.61. The first-order valence-corrected chi connectivity index (χ1v) is 6.72. The molecule has 0 aliphatic carbocycles. The van der Waals surface area contributed by atoms with Gasteiger partial charge in [-0.15, -0.1) is 0 Å². The first kappa shape index (κ1) is 12.9. The van der Waals surface area contributed by atoms with Crippen LogP contribution in [-0.2, 0) is 20.0 Å². The first-order valence-electron chi connectivity index (χ1n) is 6.72. The number of likely N-dealkylation sites (N-methyl/N-ethyl adjacent to an activating group) is 1. The topological polar surface area (TPSA) is 50.2 Å². The molecule has 5 heteroatoms. The molecule has 104 valence electrons. The van der Waals surface area contributed by atoms with Crippen LogP contribution in [0.1, 0.15) is 21.5 Å². The number of rotatable bonds is 2. The van der Waals surface area contributed by atoms with Crippen molar-refractivity contribution in [2.75, 3.05) is 18.9 Å². The normalized spacial score (nSPS) is 14.9. The molecular weight excluding hydrogens is 252 g/mol. The average molecular weight is 270 g/mol. The number of hydrogen-bond donors (Lipinski definition) is 1. The lowest BCUT2D eigenvalue weighted by atomic mass is 9.99. The van der Waals surface area contributed by atoms with E-state index < -0.39 is 0 Å². The predicted molar refractivity (Wildman–Crippen MR) is 77.6 cm³/mol. The molecule has 2 aromatic rings. The Morgan fingerprint density at radius 3 is 2.90 bits per heavy atom. The van der Waals surface area contributed by atoms with Gasteiger partial charge in [-0.3, -0.25) is 9.48 Å². The Labute approximate surface area is 118 Å². The Kier molecular flexibility index (Phi) is 3.28. The van der Waals surface area contributed by atoms with Crippen molar-refractivity contribution in [1.82, 2.24) is 14.7 Å². The average Bonchev–Trinajstić information content (AvgIpc) is 2.85. The van der Waals surface area contributed by atoms with E-state index in [2.05, 4.69) is 34.5 Å². The molecule has 0 fully saturated rings. The van der Waals surface area contributed by atoms with Crippen LogP contribution in [0.2, 0.25) is 0 Å². The number of anilines is 1. The molecule has 0 radical (unpaired) electrons. The smallest absolute Gasteiger partial charge is 0.258 e. The van der Waals surface area contributed by atoms with E-state index in [1.165, 1.54) is 11.1 Å². The fourth-order valence-electron chi connectivity index (χ4n) is 2.52. The molecular formula is C15H18N4O. The molecule has 1 aromatic heterocycles. The molecule has 0 atom stereocenters. The number of fused-ring (bicyclic) bond motifs is 1. The van der Waals surface area contributed by atoms with Gasteiger partial charge in [0.25, 0.3) is 5.91 Å². The maximum atomic E-state index is 12.1.